The molecule has 0 aliphatic carbocycles. The van der Waals surface area contributed by atoms with Crippen molar-refractivity contribution in [3.8, 4) is 0 Å². The van der Waals surface area contributed by atoms with E-state index in [1.165, 1.54) is 0 Å². The molecule has 3 nitrogen and oxygen atoms in total. The van der Waals surface area contributed by atoms with Gasteiger partial charge in [-0.15, -0.1) is 11.3 Å². The predicted octanol–water partition coefficient (Wildman–Crippen LogP) is 0.801. The highest BCUT2D eigenvalue weighted by atomic mass is 32.1. The maximum absolute atomic E-state index is 9.47. The largest absolute Gasteiger partial charge is 0.366 e. The maximum Gasteiger partial charge on any atom is 0.240 e. The van der Waals surface area contributed by atoms with Gasteiger partial charge in [0, 0.05) is 11.6 Å². The zero-order valence-electron chi connectivity index (χ0n) is 5.36. The van der Waals surface area contributed by atoms with Gasteiger partial charge in [0.2, 0.25) is 5.91 Å². The molecule has 0 saturated heterocycles. The second kappa shape index (κ2) is 5.97. The van der Waals surface area contributed by atoms with E-state index in [0.29, 0.717) is 0 Å². The molecular formula is C6H8N2OS. The quantitative estimate of drug-likeness (QED) is 0.611. The summed E-state index contributed by atoms with van der Waals surface area (Å²) in [4.78, 5) is 13.2. The molecule has 0 aliphatic rings. The van der Waals surface area contributed by atoms with Crippen molar-refractivity contribution in [1.82, 2.24) is 4.98 Å². The van der Waals surface area contributed by atoms with E-state index >= 15 is 0 Å². The highest BCUT2D eigenvalue weighted by Gasteiger charge is 1.69. The number of hydrogen-bond donors (Lipinski definition) is 1. The lowest BCUT2D eigenvalue weighted by Crippen LogP contribution is -2.04. The lowest BCUT2D eigenvalue weighted by Gasteiger charge is -1.65. The molecule has 0 atom stereocenters. The summed E-state index contributed by atoms with van der Waals surface area (Å²) in [6, 6.07) is 0. The summed E-state index contributed by atoms with van der Waals surface area (Å²) in [7, 11) is 0. The van der Waals surface area contributed by atoms with Crippen molar-refractivity contribution < 1.29 is 4.79 Å². The Balaban J connectivity index is 0.000000162. The van der Waals surface area contributed by atoms with Crippen molar-refractivity contribution in [3.63, 3.8) is 0 Å². The topological polar surface area (TPSA) is 56.0 Å². The summed E-state index contributed by atoms with van der Waals surface area (Å²) < 4.78 is 0. The third-order valence-corrected chi connectivity index (χ3v) is 1.07. The molecule has 1 aromatic heterocycles. The average molecular weight is 156 g/mol. The molecule has 0 unspecified atom stereocenters. The predicted molar refractivity (Wildman–Crippen MR) is 41.5 cm³/mol. The second-order valence-corrected chi connectivity index (χ2v) is 2.04. The van der Waals surface area contributed by atoms with Crippen LogP contribution in [0.3, 0.4) is 0 Å². The first-order valence-corrected chi connectivity index (χ1v) is 3.45. The van der Waals surface area contributed by atoms with E-state index in [2.05, 4.69) is 17.3 Å². The molecule has 0 bridgehead atoms. The number of nitrogens with zero attached hydrogens (tertiary/aromatic N) is 1. The lowest BCUT2D eigenvalue weighted by atomic mass is 10.6. The van der Waals surface area contributed by atoms with E-state index in [0.717, 1.165) is 6.08 Å². The molecule has 4 heteroatoms. The Kier molecular flexibility index (Phi) is 5.28. The van der Waals surface area contributed by atoms with Crippen LogP contribution < -0.4 is 5.73 Å². The SMILES string of the molecule is C=CC(N)=O.c1cscn1. The van der Waals surface area contributed by atoms with Crippen LogP contribution in [0.25, 0.3) is 0 Å². The minimum Gasteiger partial charge on any atom is -0.366 e. The fourth-order valence-electron chi connectivity index (χ4n) is 0.176. The first-order chi connectivity index (χ1) is 4.77. The molecule has 0 saturated carbocycles. The normalized spacial score (nSPS) is 7.20. The zero-order valence-corrected chi connectivity index (χ0v) is 6.17. The lowest BCUT2D eigenvalue weighted by molar-refractivity contribution is -0.113. The van der Waals surface area contributed by atoms with Gasteiger partial charge >= 0.3 is 0 Å². The average Bonchev–Trinajstić information content (AvgIpc) is 2.43. The van der Waals surface area contributed by atoms with Gasteiger partial charge in [0.25, 0.3) is 0 Å². The first-order valence-electron chi connectivity index (χ1n) is 2.51. The smallest absolute Gasteiger partial charge is 0.240 e. The van der Waals surface area contributed by atoms with Crippen LogP contribution in [0.1, 0.15) is 0 Å². The van der Waals surface area contributed by atoms with Crippen LogP contribution in [-0.2, 0) is 4.79 Å². The number of aromatic nitrogens is 1. The summed E-state index contributed by atoms with van der Waals surface area (Å²) in [6.07, 6.45) is 2.82. The summed E-state index contributed by atoms with van der Waals surface area (Å²) in [6.45, 7) is 3.09. The Morgan fingerprint density at radius 3 is 2.50 bits per heavy atom. The standard InChI is InChI=1S/C3H5NO.C3H3NS/c1-2-3(4)5;1-2-5-3-4-1/h2H,1H2,(H2,4,5);1-3H. The number of amides is 1. The van der Waals surface area contributed by atoms with Crippen LogP contribution in [0.4, 0.5) is 0 Å². The molecular weight excluding hydrogens is 148 g/mol. The third-order valence-electron chi connectivity index (χ3n) is 0.548. The summed E-state index contributed by atoms with van der Waals surface area (Å²) in [5.41, 5.74) is 6.33. The Hall–Kier alpha value is -1.16. The van der Waals surface area contributed by atoms with E-state index in [4.69, 9.17) is 0 Å². The Labute approximate surface area is 63.2 Å². The van der Waals surface area contributed by atoms with Crippen molar-refractivity contribution in [3.05, 3.63) is 29.7 Å². The van der Waals surface area contributed by atoms with Crippen LogP contribution in [0.5, 0.6) is 0 Å². The van der Waals surface area contributed by atoms with E-state index in [9.17, 15) is 4.79 Å². The van der Waals surface area contributed by atoms with Gasteiger partial charge in [0.05, 0.1) is 5.51 Å². The second-order valence-electron chi connectivity index (χ2n) is 1.28. The Morgan fingerprint density at radius 2 is 2.40 bits per heavy atom. The van der Waals surface area contributed by atoms with Gasteiger partial charge in [-0.2, -0.15) is 0 Å². The number of carbonyl (C=O) groups excluding carboxylic acids is 1. The number of carbonyl (C=O) groups is 1. The number of thiazole rings is 1. The Bertz CT molecular complexity index is 166. The number of rotatable bonds is 1. The number of primary amides is 1. The van der Waals surface area contributed by atoms with E-state index < -0.39 is 5.91 Å². The molecule has 1 aromatic rings. The van der Waals surface area contributed by atoms with Crippen molar-refractivity contribution >= 4 is 17.2 Å². The monoisotopic (exact) mass is 156 g/mol. The van der Waals surface area contributed by atoms with Gasteiger partial charge in [-0.3, -0.25) is 9.78 Å². The number of nitrogens with two attached hydrogens (primary N) is 1. The van der Waals surface area contributed by atoms with Crippen LogP contribution in [0.15, 0.2) is 29.7 Å². The molecule has 0 aliphatic heterocycles. The molecule has 1 heterocycles. The molecule has 0 radical (unpaired) electrons. The van der Waals surface area contributed by atoms with Gasteiger partial charge < -0.3 is 5.73 Å². The maximum atomic E-state index is 9.47. The minimum absolute atomic E-state index is 0.481. The molecule has 0 aromatic carbocycles. The first kappa shape index (κ1) is 8.84. The highest BCUT2D eigenvalue weighted by molar-refractivity contribution is 7.07. The van der Waals surface area contributed by atoms with Crippen LogP contribution in [0.2, 0.25) is 0 Å². The number of hydrogen-bond acceptors (Lipinski definition) is 3. The van der Waals surface area contributed by atoms with Crippen molar-refractivity contribution in [2.45, 2.75) is 0 Å². The van der Waals surface area contributed by atoms with Gasteiger partial charge in [-0.25, -0.2) is 0 Å². The zero-order chi connectivity index (χ0) is 7.82. The molecule has 1 amide bonds. The molecule has 10 heavy (non-hydrogen) atoms. The highest BCUT2D eigenvalue weighted by Crippen LogP contribution is 1.85. The summed E-state index contributed by atoms with van der Waals surface area (Å²) >= 11 is 1.60. The molecule has 1 rings (SSSR count). The van der Waals surface area contributed by atoms with Crippen molar-refractivity contribution in [2.75, 3.05) is 0 Å². The summed E-state index contributed by atoms with van der Waals surface area (Å²) in [5.74, 6) is -0.481. The van der Waals surface area contributed by atoms with Crippen LogP contribution in [-0.4, -0.2) is 10.9 Å². The van der Waals surface area contributed by atoms with Gasteiger partial charge in [0.1, 0.15) is 0 Å². The fourth-order valence-corrected chi connectivity index (χ4v) is 0.527. The fraction of sp³-hybridized carbons (Fsp3) is 0. The van der Waals surface area contributed by atoms with Crippen LogP contribution in [0, 0.1) is 0 Å². The molecule has 0 fully saturated rings. The van der Waals surface area contributed by atoms with Crippen molar-refractivity contribution in [2.24, 2.45) is 5.73 Å². The van der Waals surface area contributed by atoms with E-state index in [1.807, 2.05) is 5.38 Å². The van der Waals surface area contributed by atoms with Gasteiger partial charge in [-0.05, 0) is 6.08 Å². The minimum atomic E-state index is -0.481. The Morgan fingerprint density at radius 1 is 1.80 bits per heavy atom. The molecule has 2 N–H and O–H groups in total. The van der Waals surface area contributed by atoms with Crippen LogP contribution >= 0.6 is 11.3 Å². The van der Waals surface area contributed by atoms with Gasteiger partial charge in [0.15, 0.2) is 0 Å². The molecule has 54 valence electrons. The van der Waals surface area contributed by atoms with Gasteiger partial charge in [-0.1, -0.05) is 6.58 Å². The van der Waals surface area contributed by atoms with E-state index in [1.54, 1.807) is 23.0 Å². The third kappa shape index (κ3) is 6.84. The van der Waals surface area contributed by atoms with E-state index in [-0.39, 0.29) is 0 Å². The van der Waals surface area contributed by atoms with Crippen molar-refractivity contribution in [1.29, 1.82) is 0 Å². The summed E-state index contributed by atoms with van der Waals surface area (Å²) in [5, 5.41) is 1.93. The molecule has 0 spiro atoms.